The fourth-order valence-electron chi connectivity index (χ4n) is 3.11. The Balaban J connectivity index is 1.85. The quantitative estimate of drug-likeness (QED) is 0.381. The first-order valence-electron chi connectivity index (χ1n) is 10.1. The SMILES string of the molecule is CC(C)c1ccc(NC(=O)CN(Cc2ccccc2Cl)S(=O)(=O)c2ccc(Br)cc2)cc1. The van der Waals surface area contributed by atoms with Gasteiger partial charge in [0.2, 0.25) is 15.9 Å². The number of benzene rings is 3. The molecule has 3 aromatic carbocycles. The molecule has 1 N–H and O–H groups in total. The number of amides is 1. The van der Waals surface area contributed by atoms with Gasteiger partial charge in [-0.3, -0.25) is 4.79 Å². The topological polar surface area (TPSA) is 66.5 Å². The second-order valence-corrected chi connectivity index (χ2v) is 10.9. The summed E-state index contributed by atoms with van der Waals surface area (Å²) < 4.78 is 28.6. The zero-order valence-electron chi connectivity index (χ0n) is 17.8. The van der Waals surface area contributed by atoms with Crippen molar-refractivity contribution in [2.45, 2.75) is 31.2 Å². The summed E-state index contributed by atoms with van der Waals surface area (Å²) in [5.41, 5.74) is 2.38. The summed E-state index contributed by atoms with van der Waals surface area (Å²) in [6.07, 6.45) is 0. The lowest BCUT2D eigenvalue weighted by Crippen LogP contribution is -2.37. The number of halogens is 2. The second-order valence-electron chi connectivity index (χ2n) is 7.64. The van der Waals surface area contributed by atoms with Crippen molar-refractivity contribution in [3.8, 4) is 0 Å². The molecular weight excluding hydrogens is 512 g/mol. The normalized spacial score (nSPS) is 11.7. The van der Waals surface area contributed by atoms with Crippen molar-refractivity contribution in [1.82, 2.24) is 4.31 Å². The minimum Gasteiger partial charge on any atom is -0.325 e. The molecule has 0 aliphatic carbocycles. The lowest BCUT2D eigenvalue weighted by atomic mass is 10.0. The summed E-state index contributed by atoms with van der Waals surface area (Å²) >= 11 is 9.58. The van der Waals surface area contributed by atoms with Crippen LogP contribution in [0.1, 0.15) is 30.9 Å². The molecule has 3 rings (SSSR count). The summed E-state index contributed by atoms with van der Waals surface area (Å²) in [5.74, 6) is -0.0584. The lowest BCUT2D eigenvalue weighted by molar-refractivity contribution is -0.116. The van der Waals surface area contributed by atoms with Crippen LogP contribution in [0.2, 0.25) is 5.02 Å². The van der Waals surface area contributed by atoms with Gasteiger partial charge in [0.15, 0.2) is 0 Å². The highest BCUT2D eigenvalue weighted by Gasteiger charge is 2.27. The third kappa shape index (κ3) is 6.19. The van der Waals surface area contributed by atoms with Crippen molar-refractivity contribution < 1.29 is 13.2 Å². The highest BCUT2D eigenvalue weighted by Crippen LogP contribution is 2.24. The van der Waals surface area contributed by atoms with E-state index < -0.39 is 15.9 Å². The maximum Gasteiger partial charge on any atom is 0.243 e. The number of carbonyl (C=O) groups excluding carboxylic acids is 1. The van der Waals surface area contributed by atoms with Gasteiger partial charge in [-0.15, -0.1) is 0 Å². The standard InChI is InChI=1S/C24H24BrClN2O3S/c1-17(2)18-7-11-21(12-8-18)27-24(29)16-28(15-19-5-3-4-6-23(19)26)32(30,31)22-13-9-20(25)10-14-22/h3-14,17H,15-16H2,1-2H3,(H,27,29). The molecule has 1 amide bonds. The molecule has 32 heavy (non-hydrogen) atoms. The number of anilines is 1. The van der Waals surface area contributed by atoms with Gasteiger partial charge in [0.1, 0.15) is 0 Å². The van der Waals surface area contributed by atoms with Crippen LogP contribution in [-0.2, 0) is 21.4 Å². The van der Waals surface area contributed by atoms with E-state index in [0.29, 0.717) is 22.2 Å². The van der Waals surface area contributed by atoms with E-state index in [4.69, 9.17) is 11.6 Å². The molecule has 0 bridgehead atoms. The number of nitrogens with zero attached hydrogens (tertiary/aromatic N) is 1. The molecule has 0 aliphatic rings. The Morgan fingerprint density at radius 1 is 1.00 bits per heavy atom. The predicted molar refractivity (Wildman–Crippen MR) is 132 cm³/mol. The second kappa shape index (κ2) is 10.6. The number of sulfonamides is 1. The largest absolute Gasteiger partial charge is 0.325 e. The summed E-state index contributed by atoms with van der Waals surface area (Å²) in [6.45, 7) is 3.80. The third-order valence-corrected chi connectivity index (χ3v) is 7.64. The van der Waals surface area contributed by atoms with Gasteiger partial charge >= 0.3 is 0 Å². The summed E-state index contributed by atoms with van der Waals surface area (Å²) in [6, 6.07) is 20.8. The van der Waals surface area contributed by atoms with Crippen LogP contribution in [0.4, 0.5) is 5.69 Å². The fourth-order valence-corrected chi connectivity index (χ4v) is 4.94. The molecule has 0 saturated carbocycles. The summed E-state index contributed by atoms with van der Waals surface area (Å²) in [5, 5.41) is 3.22. The zero-order valence-corrected chi connectivity index (χ0v) is 20.9. The number of hydrogen-bond donors (Lipinski definition) is 1. The van der Waals surface area contributed by atoms with E-state index in [-0.39, 0.29) is 18.0 Å². The minimum absolute atomic E-state index is 0.0300. The Bertz CT molecular complexity index is 1180. The highest BCUT2D eigenvalue weighted by atomic mass is 79.9. The first-order chi connectivity index (χ1) is 15.2. The molecule has 0 radical (unpaired) electrons. The Labute approximate surface area is 202 Å². The molecule has 0 aromatic heterocycles. The van der Waals surface area contributed by atoms with E-state index in [9.17, 15) is 13.2 Å². The number of nitrogens with one attached hydrogen (secondary N) is 1. The molecule has 0 spiro atoms. The van der Waals surface area contributed by atoms with E-state index >= 15 is 0 Å². The molecule has 0 atom stereocenters. The van der Waals surface area contributed by atoms with Gasteiger partial charge in [0.25, 0.3) is 0 Å². The first-order valence-corrected chi connectivity index (χ1v) is 12.7. The van der Waals surface area contributed by atoms with Crippen LogP contribution in [0.25, 0.3) is 0 Å². The molecule has 0 fully saturated rings. The van der Waals surface area contributed by atoms with Crippen molar-refractivity contribution in [3.63, 3.8) is 0 Å². The molecule has 0 saturated heterocycles. The van der Waals surface area contributed by atoms with Crippen molar-refractivity contribution >= 4 is 49.1 Å². The van der Waals surface area contributed by atoms with Crippen LogP contribution in [0.5, 0.6) is 0 Å². The van der Waals surface area contributed by atoms with Gasteiger partial charge in [-0.2, -0.15) is 4.31 Å². The van der Waals surface area contributed by atoms with Crippen molar-refractivity contribution in [2.75, 3.05) is 11.9 Å². The van der Waals surface area contributed by atoms with E-state index in [1.807, 2.05) is 24.3 Å². The smallest absolute Gasteiger partial charge is 0.243 e. The minimum atomic E-state index is -3.95. The van der Waals surface area contributed by atoms with Gasteiger partial charge in [0, 0.05) is 21.7 Å². The van der Waals surface area contributed by atoms with Crippen LogP contribution in [0.3, 0.4) is 0 Å². The molecule has 8 heteroatoms. The fraction of sp³-hybridized carbons (Fsp3) is 0.208. The number of rotatable bonds is 8. The molecule has 3 aromatic rings. The van der Waals surface area contributed by atoms with E-state index in [1.165, 1.54) is 12.1 Å². The Morgan fingerprint density at radius 3 is 2.22 bits per heavy atom. The third-order valence-electron chi connectivity index (χ3n) is 4.94. The van der Waals surface area contributed by atoms with Crippen molar-refractivity contribution in [2.24, 2.45) is 0 Å². The van der Waals surface area contributed by atoms with Gasteiger partial charge in [0.05, 0.1) is 11.4 Å². The Hall–Kier alpha value is -2.19. The van der Waals surface area contributed by atoms with Crippen LogP contribution in [0, 0.1) is 0 Å². The molecule has 0 unspecified atom stereocenters. The van der Waals surface area contributed by atoms with E-state index in [0.717, 1.165) is 14.3 Å². The maximum absolute atomic E-state index is 13.4. The average molecular weight is 536 g/mol. The zero-order chi connectivity index (χ0) is 23.3. The Morgan fingerprint density at radius 2 is 1.62 bits per heavy atom. The lowest BCUT2D eigenvalue weighted by Gasteiger charge is -2.22. The van der Waals surface area contributed by atoms with Gasteiger partial charge < -0.3 is 5.32 Å². The Kier molecular flexibility index (Phi) is 8.11. The molecule has 168 valence electrons. The number of carbonyl (C=O) groups is 1. The average Bonchev–Trinajstić information content (AvgIpc) is 2.75. The first kappa shape index (κ1) is 24.5. The van der Waals surface area contributed by atoms with Crippen molar-refractivity contribution in [1.29, 1.82) is 0 Å². The summed E-state index contributed by atoms with van der Waals surface area (Å²) in [7, 11) is -3.95. The molecule has 0 heterocycles. The van der Waals surface area contributed by atoms with Gasteiger partial charge in [-0.1, -0.05) is 71.7 Å². The van der Waals surface area contributed by atoms with Gasteiger partial charge in [-0.25, -0.2) is 8.42 Å². The van der Waals surface area contributed by atoms with Crippen molar-refractivity contribution in [3.05, 3.63) is 93.4 Å². The van der Waals surface area contributed by atoms with E-state index in [2.05, 4.69) is 35.1 Å². The van der Waals surface area contributed by atoms with E-state index in [1.54, 1.807) is 36.4 Å². The molecular formula is C24H24BrClN2O3S. The summed E-state index contributed by atoms with van der Waals surface area (Å²) in [4.78, 5) is 12.9. The monoisotopic (exact) mass is 534 g/mol. The van der Waals surface area contributed by atoms with Gasteiger partial charge in [-0.05, 0) is 59.5 Å². The number of hydrogen-bond acceptors (Lipinski definition) is 3. The van der Waals surface area contributed by atoms with Crippen LogP contribution in [0.15, 0.2) is 82.2 Å². The maximum atomic E-state index is 13.4. The van der Waals surface area contributed by atoms with Crippen LogP contribution in [-0.4, -0.2) is 25.2 Å². The molecule has 5 nitrogen and oxygen atoms in total. The molecule has 0 aliphatic heterocycles. The predicted octanol–water partition coefficient (Wildman–Crippen LogP) is 6.06. The highest BCUT2D eigenvalue weighted by molar-refractivity contribution is 9.10. The van der Waals surface area contributed by atoms with Crippen LogP contribution < -0.4 is 5.32 Å². The van der Waals surface area contributed by atoms with Crippen LogP contribution >= 0.6 is 27.5 Å².